The Kier molecular flexibility index (Phi) is 4.95. The Hall–Kier alpha value is -2.86. The van der Waals surface area contributed by atoms with Crippen molar-refractivity contribution in [3.05, 3.63) is 103 Å². The third-order valence-corrected chi connectivity index (χ3v) is 6.16. The summed E-state index contributed by atoms with van der Waals surface area (Å²) in [5.41, 5.74) is 3.12. The van der Waals surface area contributed by atoms with E-state index in [1.54, 1.807) is 22.6 Å². The molecule has 0 unspecified atom stereocenters. The molecule has 0 N–H and O–H groups in total. The molecule has 30 heavy (non-hydrogen) atoms. The van der Waals surface area contributed by atoms with Crippen LogP contribution >= 0.6 is 34.5 Å². The lowest BCUT2D eigenvalue weighted by molar-refractivity contribution is 0.306. The van der Waals surface area contributed by atoms with Gasteiger partial charge in [0.25, 0.3) is 5.56 Å². The first-order chi connectivity index (χ1) is 14.6. The molecule has 0 saturated heterocycles. The maximum absolute atomic E-state index is 13.1. The second-order valence-corrected chi connectivity index (χ2v) is 8.57. The highest BCUT2D eigenvalue weighted by Gasteiger charge is 2.13. The van der Waals surface area contributed by atoms with Gasteiger partial charge in [0.2, 0.25) is 0 Å². The summed E-state index contributed by atoms with van der Waals surface area (Å²) in [5.74, 6) is 0.486. The van der Waals surface area contributed by atoms with Crippen molar-refractivity contribution in [3.63, 3.8) is 0 Å². The van der Waals surface area contributed by atoms with E-state index in [1.165, 1.54) is 11.3 Å². The number of rotatable bonds is 4. The zero-order valence-corrected chi connectivity index (χ0v) is 17.8. The Morgan fingerprint density at radius 2 is 1.80 bits per heavy atom. The van der Waals surface area contributed by atoms with Gasteiger partial charge in [0.05, 0.1) is 20.6 Å². The fourth-order valence-electron chi connectivity index (χ4n) is 3.32. The normalized spacial score (nSPS) is 12.1. The van der Waals surface area contributed by atoms with Gasteiger partial charge in [0.1, 0.15) is 12.4 Å². The van der Waals surface area contributed by atoms with Crippen molar-refractivity contribution < 1.29 is 4.74 Å². The molecule has 0 atom stereocenters. The molecule has 148 valence electrons. The lowest BCUT2D eigenvalue weighted by Crippen LogP contribution is -2.22. The van der Waals surface area contributed by atoms with Crippen molar-refractivity contribution in [1.29, 1.82) is 0 Å². The first-order valence-electron chi connectivity index (χ1n) is 9.17. The SMILES string of the molecule is O=c1/c(=C\c2cc(Cl)cc(Cl)c2OCc2ccccc2)sc2nc3ccccc3n12. The molecule has 0 aliphatic heterocycles. The van der Waals surface area contributed by atoms with Gasteiger partial charge in [0, 0.05) is 10.6 Å². The van der Waals surface area contributed by atoms with Gasteiger partial charge in [-0.1, -0.05) is 77.0 Å². The molecule has 0 saturated carbocycles. The molecule has 0 bridgehead atoms. The Labute approximate surface area is 185 Å². The summed E-state index contributed by atoms with van der Waals surface area (Å²) in [4.78, 5) is 18.3. The second-order valence-electron chi connectivity index (χ2n) is 6.71. The molecule has 3 aromatic carbocycles. The van der Waals surface area contributed by atoms with Gasteiger partial charge in [-0.25, -0.2) is 9.38 Å². The number of aromatic nitrogens is 2. The minimum Gasteiger partial charge on any atom is -0.487 e. The van der Waals surface area contributed by atoms with Crippen LogP contribution in [0.25, 0.3) is 22.1 Å². The van der Waals surface area contributed by atoms with Crippen LogP contribution in [0.4, 0.5) is 0 Å². The highest BCUT2D eigenvalue weighted by molar-refractivity contribution is 7.15. The zero-order chi connectivity index (χ0) is 20.7. The molecular formula is C23H14Cl2N2O2S. The molecule has 5 rings (SSSR count). The largest absolute Gasteiger partial charge is 0.487 e. The summed E-state index contributed by atoms with van der Waals surface area (Å²) in [6.45, 7) is 0.353. The molecule has 2 aromatic heterocycles. The molecule has 2 heterocycles. The van der Waals surface area contributed by atoms with Crippen LogP contribution < -0.4 is 14.8 Å². The van der Waals surface area contributed by atoms with Gasteiger partial charge in [0.15, 0.2) is 4.96 Å². The number of benzene rings is 3. The van der Waals surface area contributed by atoms with E-state index >= 15 is 0 Å². The maximum atomic E-state index is 13.1. The maximum Gasteiger partial charge on any atom is 0.274 e. The standard InChI is InChI=1S/C23H14Cl2N2O2S/c24-16-10-15(21(17(25)12-16)29-13-14-6-2-1-3-7-14)11-20-22(28)27-19-9-5-4-8-18(19)26-23(27)30-20/h1-12H,13H2/b20-11+. The van der Waals surface area contributed by atoms with E-state index in [9.17, 15) is 4.79 Å². The van der Waals surface area contributed by atoms with Crippen LogP contribution in [0.15, 0.2) is 71.5 Å². The van der Waals surface area contributed by atoms with Crippen LogP contribution in [0.2, 0.25) is 10.0 Å². The fraction of sp³-hybridized carbons (Fsp3) is 0.0435. The molecule has 0 aliphatic carbocycles. The Bertz CT molecular complexity index is 1490. The van der Waals surface area contributed by atoms with Gasteiger partial charge in [-0.15, -0.1) is 0 Å². The number of thiazole rings is 1. The van der Waals surface area contributed by atoms with Crippen molar-refractivity contribution >= 4 is 56.6 Å². The van der Waals surface area contributed by atoms with Crippen molar-refractivity contribution in [2.45, 2.75) is 6.61 Å². The van der Waals surface area contributed by atoms with Gasteiger partial charge < -0.3 is 4.74 Å². The minimum atomic E-state index is -0.131. The van der Waals surface area contributed by atoms with Crippen molar-refractivity contribution in [1.82, 2.24) is 9.38 Å². The van der Waals surface area contributed by atoms with E-state index in [0.29, 0.717) is 37.5 Å². The molecule has 0 aliphatic rings. The molecule has 7 heteroatoms. The molecule has 0 spiro atoms. The smallest absolute Gasteiger partial charge is 0.274 e. The fourth-order valence-corrected chi connectivity index (χ4v) is 4.86. The lowest BCUT2D eigenvalue weighted by atomic mass is 10.2. The molecule has 0 radical (unpaired) electrons. The van der Waals surface area contributed by atoms with Crippen LogP contribution in [-0.2, 0) is 6.61 Å². The quantitative estimate of drug-likeness (QED) is 0.369. The van der Waals surface area contributed by atoms with E-state index in [4.69, 9.17) is 27.9 Å². The summed E-state index contributed by atoms with van der Waals surface area (Å²) < 4.78 is 8.17. The Morgan fingerprint density at radius 1 is 1.03 bits per heavy atom. The van der Waals surface area contributed by atoms with Crippen LogP contribution in [0.3, 0.4) is 0 Å². The average molecular weight is 453 g/mol. The van der Waals surface area contributed by atoms with E-state index in [-0.39, 0.29) is 5.56 Å². The number of para-hydroxylation sites is 2. The summed E-state index contributed by atoms with van der Waals surface area (Å²) in [6.07, 6.45) is 1.76. The molecule has 0 fully saturated rings. The Balaban J connectivity index is 1.62. The van der Waals surface area contributed by atoms with E-state index in [2.05, 4.69) is 4.98 Å². The predicted molar refractivity (Wildman–Crippen MR) is 123 cm³/mol. The second kappa shape index (κ2) is 7.76. The van der Waals surface area contributed by atoms with E-state index < -0.39 is 0 Å². The van der Waals surface area contributed by atoms with Crippen molar-refractivity contribution in [2.24, 2.45) is 0 Å². The van der Waals surface area contributed by atoms with Crippen LogP contribution in [0.1, 0.15) is 11.1 Å². The number of nitrogens with zero attached hydrogens (tertiary/aromatic N) is 2. The van der Waals surface area contributed by atoms with Gasteiger partial charge in [-0.2, -0.15) is 0 Å². The number of hydrogen-bond acceptors (Lipinski definition) is 4. The number of halogens is 2. The number of hydrogen-bond donors (Lipinski definition) is 0. The van der Waals surface area contributed by atoms with Crippen LogP contribution in [0, 0.1) is 0 Å². The average Bonchev–Trinajstić information content (AvgIpc) is 3.24. The van der Waals surface area contributed by atoms with Gasteiger partial charge in [-0.05, 0) is 35.9 Å². The molecule has 5 aromatic rings. The van der Waals surface area contributed by atoms with Gasteiger partial charge in [-0.3, -0.25) is 4.79 Å². The van der Waals surface area contributed by atoms with Gasteiger partial charge >= 0.3 is 0 Å². The number of fused-ring (bicyclic) bond motifs is 3. The molecular weight excluding hydrogens is 439 g/mol. The number of imidazole rings is 1. The summed E-state index contributed by atoms with van der Waals surface area (Å²) in [7, 11) is 0. The van der Waals surface area contributed by atoms with E-state index in [1.807, 2.05) is 54.6 Å². The minimum absolute atomic E-state index is 0.131. The lowest BCUT2D eigenvalue weighted by Gasteiger charge is -2.12. The topological polar surface area (TPSA) is 43.6 Å². The summed E-state index contributed by atoms with van der Waals surface area (Å²) in [5, 5.41) is 0.862. The highest BCUT2D eigenvalue weighted by Crippen LogP contribution is 2.33. The van der Waals surface area contributed by atoms with Crippen molar-refractivity contribution in [3.8, 4) is 5.75 Å². The third kappa shape index (κ3) is 3.45. The predicted octanol–water partition coefficient (Wildman–Crippen LogP) is 5.34. The Morgan fingerprint density at radius 3 is 2.63 bits per heavy atom. The first kappa shape index (κ1) is 19.1. The summed E-state index contributed by atoms with van der Waals surface area (Å²) >= 11 is 14.0. The third-order valence-electron chi connectivity index (χ3n) is 4.69. The van der Waals surface area contributed by atoms with Crippen LogP contribution in [-0.4, -0.2) is 9.38 Å². The van der Waals surface area contributed by atoms with Crippen LogP contribution in [0.5, 0.6) is 5.75 Å². The summed E-state index contributed by atoms with van der Waals surface area (Å²) in [6, 6.07) is 20.7. The van der Waals surface area contributed by atoms with Crippen molar-refractivity contribution in [2.75, 3.05) is 0 Å². The molecule has 0 amide bonds. The van der Waals surface area contributed by atoms with E-state index in [0.717, 1.165) is 16.6 Å². The zero-order valence-electron chi connectivity index (χ0n) is 15.5. The monoisotopic (exact) mass is 452 g/mol. The number of ether oxygens (including phenoxy) is 1. The first-order valence-corrected chi connectivity index (χ1v) is 10.7. The highest BCUT2D eigenvalue weighted by atomic mass is 35.5. The molecule has 4 nitrogen and oxygen atoms in total.